The van der Waals surface area contributed by atoms with Crippen LogP contribution in [0, 0.1) is 114 Å². The highest BCUT2D eigenvalue weighted by molar-refractivity contribution is 5.98. The molecule has 16 nitrogen and oxygen atoms in total. The zero-order valence-corrected chi connectivity index (χ0v) is 51.8. The lowest BCUT2D eigenvalue weighted by molar-refractivity contribution is -0.383. The first-order chi connectivity index (χ1) is 39.2. The maximum Gasteiger partial charge on any atom is 0.293 e. The molecule has 0 aliphatic carbocycles. The minimum atomic E-state index is -0.338. The molecule has 5 aromatic carbocycles. The monoisotopic (exact) mass is 1100 g/mol. The molecule has 5 heterocycles. The van der Waals surface area contributed by atoms with E-state index in [2.05, 4.69) is 45.8 Å². The Hall–Kier alpha value is -9.95. The van der Waals surface area contributed by atoms with Gasteiger partial charge in [-0.05, 0) is 136 Å². The van der Waals surface area contributed by atoms with Crippen molar-refractivity contribution < 1.29 is 9.85 Å². The molecule has 0 unspecified atom stereocenters. The maximum atomic E-state index is 10.8. The van der Waals surface area contributed by atoms with Gasteiger partial charge in [-0.2, -0.15) is 21.0 Å². The summed E-state index contributed by atoms with van der Waals surface area (Å²) in [5, 5.41) is 62.7. The molecule has 82 heavy (non-hydrogen) atoms. The van der Waals surface area contributed by atoms with Crippen molar-refractivity contribution in [2.24, 2.45) is 35.2 Å². The van der Waals surface area contributed by atoms with Crippen molar-refractivity contribution in [3.63, 3.8) is 0 Å². The number of benzene rings is 5. The maximum absolute atomic E-state index is 10.8. The van der Waals surface area contributed by atoms with Gasteiger partial charge in [0.15, 0.2) is 5.69 Å². The topological polar surface area (TPSA) is 210 Å². The predicted octanol–water partition coefficient (Wildman–Crippen LogP) is 17.7. The summed E-state index contributed by atoms with van der Waals surface area (Å²) in [7, 11) is 9.38. The largest absolute Gasteiger partial charge is 0.351 e. The molecule has 428 valence electrons. The van der Waals surface area contributed by atoms with Crippen LogP contribution in [0.3, 0.4) is 0 Å². The van der Waals surface area contributed by atoms with Crippen LogP contribution in [0.5, 0.6) is 0 Å². The summed E-state index contributed by atoms with van der Waals surface area (Å²) in [6, 6.07) is 31.2. The van der Waals surface area contributed by atoms with Gasteiger partial charge in [0.1, 0.15) is 29.2 Å². The van der Waals surface area contributed by atoms with Crippen LogP contribution in [-0.2, 0) is 35.2 Å². The van der Waals surface area contributed by atoms with Crippen molar-refractivity contribution in [2.45, 2.75) is 111 Å². The number of hydrogen-bond acceptors (Lipinski definition) is 8. The van der Waals surface area contributed by atoms with E-state index in [4.69, 9.17) is 27.6 Å². The molecule has 0 bridgehead atoms. The third-order valence-electron chi connectivity index (χ3n) is 12.4. The molecule has 0 N–H and O–H groups in total. The predicted molar refractivity (Wildman–Crippen MR) is 338 cm³/mol. The highest BCUT2D eigenvalue weighted by Gasteiger charge is 2.17. The number of rotatable bonds is 2. The van der Waals surface area contributed by atoms with Gasteiger partial charge in [0.2, 0.25) is 0 Å². The molecule has 0 spiro atoms. The Labute approximate surface area is 484 Å². The van der Waals surface area contributed by atoms with Gasteiger partial charge in [0.25, 0.3) is 11.4 Å². The Bertz CT molecular complexity index is 3930. The Morgan fingerprint density at radius 3 is 1.15 bits per heavy atom. The Morgan fingerprint density at radius 1 is 0.427 bits per heavy atom. The molecule has 0 fully saturated rings. The van der Waals surface area contributed by atoms with Gasteiger partial charge in [-0.1, -0.05) is 69.2 Å². The molecule has 0 amide bonds. The third kappa shape index (κ3) is 15.9. The third-order valence-corrected chi connectivity index (χ3v) is 12.4. The van der Waals surface area contributed by atoms with Crippen molar-refractivity contribution in [2.75, 3.05) is 0 Å². The molecule has 0 saturated heterocycles. The quantitative estimate of drug-likeness (QED) is 0.0921. The first-order valence-electron chi connectivity index (χ1n) is 27.3. The van der Waals surface area contributed by atoms with E-state index in [1.807, 2.05) is 229 Å². The highest BCUT2D eigenvalue weighted by atomic mass is 16.6. The highest BCUT2D eigenvalue weighted by Crippen LogP contribution is 2.34. The number of nitrogens with zero attached hydrogens (tertiary/aromatic N) is 12. The number of nitro benzene ring substituents is 2. The zero-order valence-electron chi connectivity index (χ0n) is 51.8. The van der Waals surface area contributed by atoms with Gasteiger partial charge >= 0.3 is 0 Å². The lowest BCUT2D eigenvalue weighted by Gasteiger charge is -2.06. The standard InChI is InChI=1S/2C12H9N3.C12H12N2.2C10H10N2O2.5C2H6/c1-8-6-9(7-13)12-10(11(8)14-2)4-5-15(12)3;1-8-5-9-3-4-15(2)12(9)11(7-14)10(8)6-13;1-8-6-10-4-5-14(3)12(10)9(2)11(8)7-13;2*1-7-5-8-3-4-11(2)10(8)9(6-7)12(13)14;5*1-2/h4-6H,1,3H3;3-5H,1-2H3;4-6H,1-3H3;2*3-6H,1-2H3;5*1-2H3. The molecule has 10 rings (SSSR count). The lowest BCUT2D eigenvalue weighted by Crippen LogP contribution is -1.94. The number of aromatic nitrogens is 5. The van der Waals surface area contributed by atoms with Gasteiger partial charge in [-0.25, -0.2) is 4.85 Å². The normalized spacial score (nSPS) is 9.41. The summed E-state index contributed by atoms with van der Waals surface area (Å²) in [6.07, 6.45) is 9.46. The first-order valence-corrected chi connectivity index (χ1v) is 27.3. The van der Waals surface area contributed by atoms with E-state index >= 15 is 0 Å². The summed E-state index contributed by atoms with van der Waals surface area (Å²) in [5.74, 6) is 0. The van der Waals surface area contributed by atoms with Gasteiger partial charge < -0.3 is 22.8 Å². The van der Waals surface area contributed by atoms with E-state index in [0.717, 1.165) is 77.0 Å². The number of nitro groups is 2. The SMILES string of the molecule is CC.CC.CC.CC.CC.Cc1cc([N+](=O)[O-])c2c(ccn2C)c1.Cc1cc([N+](=O)[O-])c2c(ccn2C)c1.Cc1cc2ccn(C)c2c(C#N)c1C#N.Cc1cc2ccn(C)c2c(C)c1C#N.[C-]#[N+]c1c(C)cc(C#N)c2c1ccn2C. The van der Waals surface area contributed by atoms with Gasteiger partial charge in [0, 0.05) is 105 Å². The number of aryl methyl sites for hydroxylation is 11. The van der Waals surface area contributed by atoms with Crippen molar-refractivity contribution in [1.29, 1.82) is 21.0 Å². The Kier molecular flexibility index (Phi) is 28.6. The van der Waals surface area contributed by atoms with Gasteiger partial charge in [0.05, 0.1) is 61.3 Å². The van der Waals surface area contributed by atoms with Crippen LogP contribution in [0.1, 0.15) is 125 Å². The Morgan fingerprint density at radius 2 is 0.768 bits per heavy atom. The van der Waals surface area contributed by atoms with E-state index in [1.54, 1.807) is 27.3 Å². The molecular weight excluding hydrogens is 1020 g/mol. The number of hydrogen-bond donors (Lipinski definition) is 0. The average molecular weight is 1110 g/mol. The molecule has 10 aromatic rings. The van der Waals surface area contributed by atoms with E-state index in [9.17, 15) is 20.2 Å². The van der Waals surface area contributed by atoms with Crippen LogP contribution in [-0.4, -0.2) is 32.7 Å². The molecule has 5 aromatic heterocycles. The van der Waals surface area contributed by atoms with Gasteiger partial charge in [-0.3, -0.25) is 20.2 Å². The summed E-state index contributed by atoms with van der Waals surface area (Å²) in [5.41, 5.74) is 13.2. The molecule has 0 radical (unpaired) electrons. The average Bonchev–Trinajstić information content (AvgIpc) is 4.50. The fourth-order valence-corrected chi connectivity index (χ4v) is 9.16. The van der Waals surface area contributed by atoms with Crippen molar-refractivity contribution in [3.05, 3.63) is 191 Å². The van der Waals surface area contributed by atoms with E-state index in [1.165, 1.54) is 5.39 Å². The molecule has 0 atom stereocenters. The van der Waals surface area contributed by atoms with E-state index < -0.39 is 0 Å². The second-order valence-corrected chi connectivity index (χ2v) is 17.5. The van der Waals surface area contributed by atoms with E-state index in [-0.39, 0.29) is 21.2 Å². The van der Waals surface area contributed by atoms with Crippen LogP contribution in [0.15, 0.2) is 104 Å². The summed E-state index contributed by atoms with van der Waals surface area (Å²) in [4.78, 5) is 24.5. The van der Waals surface area contributed by atoms with Crippen LogP contribution in [0.2, 0.25) is 0 Å². The molecule has 0 aliphatic rings. The minimum Gasteiger partial charge on any atom is -0.351 e. The molecule has 0 saturated carbocycles. The summed E-state index contributed by atoms with van der Waals surface area (Å²) < 4.78 is 9.35. The molecule has 0 aliphatic heterocycles. The molecular formula is C66H80N12O4. The summed E-state index contributed by atoms with van der Waals surface area (Å²) in [6.45, 7) is 38.6. The smallest absolute Gasteiger partial charge is 0.293 e. The minimum absolute atomic E-state index is 0.174. The van der Waals surface area contributed by atoms with Crippen LogP contribution in [0.25, 0.3) is 59.4 Å². The van der Waals surface area contributed by atoms with Crippen LogP contribution >= 0.6 is 0 Å². The van der Waals surface area contributed by atoms with Crippen LogP contribution < -0.4 is 0 Å². The van der Waals surface area contributed by atoms with E-state index in [0.29, 0.717) is 33.4 Å². The number of fused-ring (bicyclic) bond motifs is 5. The Balaban J connectivity index is 0.000000493. The van der Waals surface area contributed by atoms with Crippen molar-refractivity contribution in [3.8, 4) is 24.3 Å². The number of non-ortho nitro benzene ring substituents is 2. The fraction of sp³-hybridized carbons (Fsp3) is 0.318. The second-order valence-electron chi connectivity index (χ2n) is 17.5. The van der Waals surface area contributed by atoms with Crippen molar-refractivity contribution >= 4 is 71.6 Å². The molecule has 16 heteroatoms. The number of nitriles is 4. The zero-order chi connectivity index (χ0) is 62.9. The summed E-state index contributed by atoms with van der Waals surface area (Å²) >= 11 is 0. The van der Waals surface area contributed by atoms with Crippen molar-refractivity contribution in [1.82, 2.24) is 22.8 Å². The first kappa shape index (κ1) is 70.1. The van der Waals surface area contributed by atoms with Crippen LogP contribution in [0.4, 0.5) is 17.1 Å². The fourth-order valence-electron chi connectivity index (χ4n) is 9.16. The second kappa shape index (κ2) is 33.5. The lowest BCUT2D eigenvalue weighted by atomic mass is 10.0. The van der Waals surface area contributed by atoms with Gasteiger partial charge in [-0.15, -0.1) is 0 Å².